The second kappa shape index (κ2) is 11.1. The van der Waals surface area contributed by atoms with Gasteiger partial charge in [-0.3, -0.25) is 14.5 Å². The summed E-state index contributed by atoms with van der Waals surface area (Å²) in [7, 11) is 0. The molecule has 0 radical (unpaired) electrons. The number of benzene rings is 1. The van der Waals surface area contributed by atoms with E-state index in [9.17, 15) is 19.5 Å². The Morgan fingerprint density at radius 1 is 1.18 bits per heavy atom. The van der Waals surface area contributed by atoms with Crippen LogP contribution in [0.2, 0.25) is 0 Å². The number of carbonyl (C=O) groups excluding carboxylic acids is 3. The summed E-state index contributed by atoms with van der Waals surface area (Å²) in [6.45, 7) is 14.2. The Morgan fingerprint density at radius 3 is 2.24 bits per heavy atom. The van der Waals surface area contributed by atoms with E-state index in [1.54, 1.807) is 60.6 Å². The molecule has 0 saturated heterocycles. The van der Waals surface area contributed by atoms with Crippen LogP contribution in [0.4, 0.5) is 4.79 Å². The number of nitrogens with one attached hydrogen (secondary N) is 2. The smallest absolute Gasteiger partial charge is 0.408 e. The lowest BCUT2D eigenvalue weighted by molar-refractivity contribution is -0.140. The SMILES string of the molecule is C#CN(C(=O)C(NC(=O)OC(C)(C)C)C(C)CC)C(C(=O)NC(C)(C)C)c1cccc(O)c1. The number of terminal acetylenes is 1. The van der Waals surface area contributed by atoms with Crippen molar-refractivity contribution in [1.82, 2.24) is 15.5 Å². The molecule has 33 heavy (non-hydrogen) atoms. The maximum atomic E-state index is 13.6. The highest BCUT2D eigenvalue weighted by molar-refractivity contribution is 5.93. The minimum atomic E-state index is -1.22. The molecule has 3 atom stereocenters. The standard InChI is InChI=1S/C25H37N3O5/c1-10-16(3)19(26-23(32)33-25(7,8)9)22(31)28(11-2)20(21(30)27-24(4,5)6)17-13-12-14-18(29)15-17/h2,12-16,19-20,29H,10H2,1,3-9H3,(H,26,32)(H,27,30). The van der Waals surface area contributed by atoms with Gasteiger partial charge in [0.05, 0.1) is 0 Å². The molecule has 0 saturated carbocycles. The molecule has 1 aromatic carbocycles. The van der Waals surface area contributed by atoms with Crippen LogP contribution in [-0.2, 0) is 14.3 Å². The molecule has 3 N–H and O–H groups in total. The molecule has 0 aliphatic carbocycles. The topological polar surface area (TPSA) is 108 Å². The fourth-order valence-corrected chi connectivity index (χ4v) is 3.08. The highest BCUT2D eigenvalue weighted by Crippen LogP contribution is 2.27. The first-order chi connectivity index (χ1) is 15.1. The van der Waals surface area contributed by atoms with Crippen LogP contribution in [-0.4, -0.2) is 45.1 Å². The monoisotopic (exact) mass is 459 g/mol. The highest BCUT2D eigenvalue weighted by atomic mass is 16.6. The van der Waals surface area contributed by atoms with Crippen molar-refractivity contribution in [2.75, 3.05) is 0 Å². The molecule has 0 aliphatic rings. The van der Waals surface area contributed by atoms with Crippen molar-refractivity contribution in [2.45, 2.75) is 85.0 Å². The predicted octanol–water partition coefficient (Wildman–Crippen LogP) is 3.71. The molecule has 182 valence electrons. The van der Waals surface area contributed by atoms with Crippen molar-refractivity contribution in [2.24, 2.45) is 5.92 Å². The Hall–Kier alpha value is -3.21. The lowest BCUT2D eigenvalue weighted by Gasteiger charge is -2.33. The molecule has 3 amide bonds. The van der Waals surface area contributed by atoms with Gasteiger partial charge in [0.15, 0.2) is 0 Å². The Kier molecular flexibility index (Phi) is 9.34. The predicted molar refractivity (Wildman–Crippen MR) is 127 cm³/mol. The minimum Gasteiger partial charge on any atom is -0.508 e. The zero-order chi connectivity index (χ0) is 25.6. The molecule has 0 heterocycles. The molecule has 0 bridgehead atoms. The van der Waals surface area contributed by atoms with E-state index in [1.807, 2.05) is 6.92 Å². The number of rotatable bonds is 7. The van der Waals surface area contributed by atoms with Crippen LogP contribution in [0.1, 0.15) is 73.4 Å². The lowest BCUT2D eigenvalue weighted by Crippen LogP contribution is -2.55. The van der Waals surface area contributed by atoms with Gasteiger partial charge in [-0.25, -0.2) is 4.79 Å². The second-order valence-electron chi connectivity index (χ2n) is 10.1. The molecule has 1 rings (SSSR count). The number of hydrogen-bond acceptors (Lipinski definition) is 5. The van der Waals surface area contributed by atoms with Gasteiger partial charge >= 0.3 is 6.09 Å². The Labute approximate surface area is 197 Å². The average molecular weight is 460 g/mol. The summed E-state index contributed by atoms with van der Waals surface area (Å²) in [5.41, 5.74) is -1.01. The zero-order valence-electron chi connectivity index (χ0n) is 20.9. The zero-order valence-corrected chi connectivity index (χ0v) is 20.9. The molecular formula is C25H37N3O5. The van der Waals surface area contributed by atoms with Crippen molar-refractivity contribution >= 4 is 17.9 Å². The first kappa shape index (κ1) is 27.8. The molecule has 0 aromatic heterocycles. The van der Waals surface area contributed by atoms with E-state index in [4.69, 9.17) is 11.2 Å². The van der Waals surface area contributed by atoms with E-state index in [1.165, 1.54) is 12.1 Å². The van der Waals surface area contributed by atoms with Crippen LogP contribution in [0.25, 0.3) is 0 Å². The van der Waals surface area contributed by atoms with Crippen LogP contribution in [0.15, 0.2) is 24.3 Å². The van der Waals surface area contributed by atoms with Crippen molar-refractivity contribution in [3.63, 3.8) is 0 Å². The van der Waals surface area contributed by atoms with Gasteiger partial charge in [-0.05, 0) is 65.2 Å². The van der Waals surface area contributed by atoms with E-state index >= 15 is 0 Å². The van der Waals surface area contributed by atoms with E-state index in [2.05, 4.69) is 16.7 Å². The molecule has 0 fully saturated rings. The molecule has 0 spiro atoms. The first-order valence-electron chi connectivity index (χ1n) is 11.0. The van der Waals surface area contributed by atoms with E-state index in [0.717, 1.165) is 4.90 Å². The lowest BCUT2D eigenvalue weighted by atomic mass is 9.95. The summed E-state index contributed by atoms with van der Waals surface area (Å²) >= 11 is 0. The molecule has 8 heteroatoms. The normalized spacial score (nSPS) is 14.3. The fraction of sp³-hybridized carbons (Fsp3) is 0.560. The maximum absolute atomic E-state index is 13.6. The third-order valence-corrected chi connectivity index (χ3v) is 4.72. The number of hydrogen-bond donors (Lipinski definition) is 3. The Bertz CT molecular complexity index is 893. The Balaban J connectivity index is 3.43. The van der Waals surface area contributed by atoms with Gasteiger partial charge in [-0.15, -0.1) is 0 Å². The number of nitrogens with zero attached hydrogens (tertiary/aromatic N) is 1. The molecular weight excluding hydrogens is 422 g/mol. The molecule has 3 unspecified atom stereocenters. The van der Waals surface area contributed by atoms with E-state index in [0.29, 0.717) is 12.0 Å². The largest absolute Gasteiger partial charge is 0.508 e. The minimum absolute atomic E-state index is 0.0733. The molecule has 0 aliphatic heterocycles. The van der Waals surface area contributed by atoms with E-state index in [-0.39, 0.29) is 11.7 Å². The molecule has 8 nitrogen and oxygen atoms in total. The van der Waals surface area contributed by atoms with Gasteiger partial charge in [-0.1, -0.05) is 38.8 Å². The third-order valence-electron chi connectivity index (χ3n) is 4.72. The van der Waals surface area contributed by atoms with Crippen LogP contribution in [0.5, 0.6) is 5.75 Å². The third kappa shape index (κ3) is 8.68. The van der Waals surface area contributed by atoms with Gasteiger partial charge in [0.25, 0.3) is 5.91 Å². The summed E-state index contributed by atoms with van der Waals surface area (Å²) < 4.78 is 5.32. The van der Waals surface area contributed by atoms with Crippen LogP contribution >= 0.6 is 0 Å². The summed E-state index contributed by atoms with van der Waals surface area (Å²) in [6, 6.07) is 6.07. The van der Waals surface area contributed by atoms with Gasteiger partial charge in [0.1, 0.15) is 23.4 Å². The van der Waals surface area contributed by atoms with Crippen LogP contribution in [0.3, 0.4) is 0 Å². The quantitative estimate of drug-likeness (QED) is 0.426. The maximum Gasteiger partial charge on any atom is 0.408 e. The summed E-state index contributed by atoms with van der Waals surface area (Å²) in [6.07, 6.45) is 5.54. The highest BCUT2D eigenvalue weighted by Gasteiger charge is 2.38. The van der Waals surface area contributed by atoms with Crippen LogP contribution < -0.4 is 10.6 Å². The van der Waals surface area contributed by atoms with Crippen molar-refractivity contribution in [3.05, 3.63) is 29.8 Å². The number of phenols is 1. The van der Waals surface area contributed by atoms with Crippen molar-refractivity contribution in [3.8, 4) is 18.2 Å². The van der Waals surface area contributed by atoms with Gasteiger partial charge in [0, 0.05) is 11.6 Å². The number of carbonyl (C=O) groups is 3. The first-order valence-corrected chi connectivity index (χ1v) is 11.0. The second-order valence-corrected chi connectivity index (χ2v) is 10.1. The fourth-order valence-electron chi connectivity index (χ4n) is 3.08. The number of amides is 3. The molecule has 1 aromatic rings. The summed E-state index contributed by atoms with van der Waals surface area (Å²) in [5.74, 6) is -1.51. The summed E-state index contributed by atoms with van der Waals surface area (Å²) in [5, 5.41) is 15.4. The number of phenolic OH excluding ortho intramolecular Hbond substituents is 1. The van der Waals surface area contributed by atoms with E-state index < -0.39 is 41.1 Å². The van der Waals surface area contributed by atoms with Gasteiger partial charge < -0.3 is 20.5 Å². The summed E-state index contributed by atoms with van der Waals surface area (Å²) in [4.78, 5) is 40.3. The number of aromatic hydroxyl groups is 1. The number of alkyl carbamates (subject to hydrolysis) is 1. The Morgan fingerprint density at radius 2 is 1.79 bits per heavy atom. The average Bonchev–Trinajstić information content (AvgIpc) is 2.66. The van der Waals surface area contributed by atoms with Crippen molar-refractivity contribution in [1.29, 1.82) is 0 Å². The van der Waals surface area contributed by atoms with Gasteiger partial charge in [0.2, 0.25) is 5.91 Å². The number of ether oxygens (including phenoxy) is 1. The van der Waals surface area contributed by atoms with Crippen molar-refractivity contribution < 1.29 is 24.2 Å². The van der Waals surface area contributed by atoms with Crippen LogP contribution in [0, 0.1) is 18.4 Å². The van der Waals surface area contributed by atoms with Gasteiger partial charge in [-0.2, -0.15) is 0 Å².